The zero-order valence-electron chi connectivity index (χ0n) is 19.0. The van der Waals surface area contributed by atoms with Gasteiger partial charge in [0.05, 0.1) is 17.3 Å². The number of aryl methyl sites for hydroxylation is 2. The van der Waals surface area contributed by atoms with Crippen LogP contribution in [0, 0.1) is 13.8 Å². The zero-order valence-corrected chi connectivity index (χ0v) is 19.0. The highest BCUT2D eigenvalue weighted by atomic mass is 16.4. The first-order valence-corrected chi connectivity index (χ1v) is 10.8. The van der Waals surface area contributed by atoms with Crippen LogP contribution < -0.4 is 4.90 Å². The predicted molar refractivity (Wildman–Crippen MR) is 127 cm³/mol. The maximum absolute atomic E-state index is 13.3. The van der Waals surface area contributed by atoms with Crippen LogP contribution in [-0.2, 0) is 4.79 Å². The fourth-order valence-corrected chi connectivity index (χ4v) is 3.96. The number of aliphatic hydroxyl groups excluding tert-OH is 1. The molecule has 0 saturated heterocycles. The van der Waals surface area contributed by atoms with Crippen molar-refractivity contribution in [2.75, 3.05) is 4.90 Å². The van der Waals surface area contributed by atoms with Crippen LogP contribution in [0.3, 0.4) is 0 Å². The standard InChI is InChI=1S/C26H26N4O3/c1-15(2)18-10-12-20(13-11-18)24-22(23(29-33)19-8-5-16(3)6-9-19)25(31)26(32)30(24)21-14-7-17(4)27-28-21/h5-15,24,31,33H,1-4H3. The van der Waals surface area contributed by atoms with E-state index in [1.54, 1.807) is 31.2 Å². The van der Waals surface area contributed by atoms with Gasteiger partial charge in [0, 0.05) is 5.56 Å². The van der Waals surface area contributed by atoms with Crippen molar-refractivity contribution in [3.63, 3.8) is 0 Å². The number of hydrogen-bond acceptors (Lipinski definition) is 6. The van der Waals surface area contributed by atoms with Crippen molar-refractivity contribution in [2.45, 2.75) is 39.7 Å². The lowest BCUT2D eigenvalue weighted by Crippen LogP contribution is -2.32. The molecule has 0 bridgehead atoms. The van der Waals surface area contributed by atoms with Gasteiger partial charge in [-0.25, -0.2) is 0 Å². The molecule has 1 unspecified atom stereocenters. The van der Waals surface area contributed by atoms with Gasteiger partial charge in [0.15, 0.2) is 11.6 Å². The highest BCUT2D eigenvalue weighted by molar-refractivity contribution is 6.22. The van der Waals surface area contributed by atoms with Crippen LogP contribution >= 0.6 is 0 Å². The molecule has 0 fully saturated rings. The van der Waals surface area contributed by atoms with Crippen LogP contribution in [0.5, 0.6) is 0 Å². The van der Waals surface area contributed by atoms with E-state index in [9.17, 15) is 15.1 Å². The van der Waals surface area contributed by atoms with Crippen molar-refractivity contribution in [2.24, 2.45) is 5.16 Å². The van der Waals surface area contributed by atoms with Crippen molar-refractivity contribution in [3.05, 3.63) is 99.9 Å². The topological polar surface area (TPSA) is 98.9 Å². The van der Waals surface area contributed by atoms with Gasteiger partial charge in [-0.2, -0.15) is 5.10 Å². The second kappa shape index (κ2) is 8.86. The number of carbonyl (C=O) groups is 1. The number of hydrogen-bond donors (Lipinski definition) is 2. The van der Waals surface area contributed by atoms with Gasteiger partial charge in [-0.05, 0) is 43.0 Å². The SMILES string of the molecule is Cc1ccc(C(=NO)C2=C(O)C(=O)N(c3ccc(C)nn3)C2c2ccc(C(C)C)cc2)cc1. The summed E-state index contributed by atoms with van der Waals surface area (Å²) in [6.45, 7) is 7.97. The molecular weight excluding hydrogens is 416 g/mol. The molecule has 2 aromatic carbocycles. The maximum Gasteiger partial charge on any atom is 0.295 e. The number of anilines is 1. The number of oxime groups is 1. The van der Waals surface area contributed by atoms with Crippen LogP contribution in [0.15, 0.2) is 77.2 Å². The number of amides is 1. The Labute approximate surface area is 192 Å². The number of aliphatic hydroxyl groups is 1. The first-order valence-electron chi connectivity index (χ1n) is 10.8. The Morgan fingerprint density at radius 1 is 0.970 bits per heavy atom. The summed E-state index contributed by atoms with van der Waals surface area (Å²) in [4.78, 5) is 14.7. The predicted octanol–water partition coefficient (Wildman–Crippen LogP) is 5.00. The average Bonchev–Trinajstić information content (AvgIpc) is 3.07. The summed E-state index contributed by atoms with van der Waals surface area (Å²) in [7, 11) is 0. The van der Waals surface area contributed by atoms with Gasteiger partial charge >= 0.3 is 0 Å². The van der Waals surface area contributed by atoms with E-state index in [4.69, 9.17) is 0 Å². The minimum absolute atomic E-state index is 0.126. The van der Waals surface area contributed by atoms with Gasteiger partial charge in [-0.3, -0.25) is 9.69 Å². The molecule has 0 saturated carbocycles. The summed E-state index contributed by atoms with van der Waals surface area (Å²) in [5, 5.41) is 32.7. The van der Waals surface area contributed by atoms with E-state index in [1.165, 1.54) is 4.90 Å². The Hall–Kier alpha value is -4.00. The van der Waals surface area contributed by atoms with Gasteiger partial charge in [-0.15, -0.1) is 5.10 Å². The average molecular weight is 443 g/mol. The Morgan fingerprint density at radius 2 is 1.64 bits per heavy atom. The summed E-state index contributed by atoms with van der Waals surface area (Å²) >= 11 is 0. The van der Waals surface area contributed by atoms with E-state index < -0.39 is 17.7 Å². The molecule has 1 aliphatic rings. The van der Waals surface area contributed by atoms with Gasteiger partial charge < -0.3 is 10.3 Å². The maximum atomic E-state index is 13.3. The van der Waals surface area contributed by atoms with E-state index in [0.29, 0.717) is 23.0 Å². The molecule has 1 aromatic heterocycles. The summed E-state index contributed by atoms with van der Waals surface area (Å²) in [6.07, 6.45) is 0. The molecule has 33 heavy (non-hydrogen) atoms. The van der Waals surface area contributed by atoms with Gasteiger partial charge in [0.1, 0.15) is 5.71 Å². The molecule has 2 heterocycles. The zero-order chi connectivity index (χ0) is 23.7. The minimum atomic E-state index is -0.747. The number of rotatable bonds is 5. The van der Waals surface area contributed by atoms with Gasteiger partial charge in [-0.1, -0.05) is 73.1 Å². The molecule has 0 aliphatic carbocycles. The van der Waals surface area contributed by atoms with Crippen LogP contribution in [-0.4, -0.2) is 32.1 Å². The molecule has 7 nitrogen and oxygen atoms in total. The molecular formula is C26H26N4O3. The normalized spacial score (nSPS) is 16.8. The van der Waals surface area contributed by atoms with Crippen LogP contribution in [0.2, 0.25) is 0 Å². The third-order valence-corrected chi connectivity index (χ3v) is 5.84. The largest absolute Gasteiger partial charge is 0.503 e. The fraction of sp³-hybridized carbons (Fsp3) is 0.231. The van der Waals surface area contributed by atoms with Gasteiger partial charge in [0.2, 0.25) is 0 Å². The Bertz CT molecular complexity index is 1230. The fourth-order valence-electron chi connectivity index (χ4n) is 3.96. The Balaban J connectivity index is 1.89. The lowest BCUT2D eigenvalue weighted by atomic mass is 9.90. The smallest absolute Gasteiger partial charge is 0.295 e. The highest BCUT2D eigenvalue weighted by Crippen LogP contribution is 2.41. The molecule has 2 N–H and O–H groups in total. The molecule has 168 valence electrons. The summed E-state index contributed by atoms with van der Waals surface area (Å²) < 4.78 is 0. The van der Waals surface area contributed by atoms with Crippen molar-refractivity contribution < 1.29 is 15.1 Å². The summed E-state index contributed by atoms with van der Waals surface area (Å²) in [6, 6.07) is 17.9. The second-order valence-electron chi connectivity index (χ2n) is 8.51. The number of benzene rings is 2. The Kier molecular flexibility index (Phi) is 5.96. The number of carbonyl (C=O) groups excluding carboxylic acids is 1. The van der Waals surface area contributed by atoms with Crippen molar-refractivity contribution in [1.82, 2.24) is 10.2 Å². The van der Waals surface area contributed by atoms with Crippen LogP contribution in [0.25, 0.3) is 0 Å². The van der Waals surface area contributed by atoms with E-state index in [2.05, 4.69) is 29.2 Å². The second-order valence-corrected chi connectivity index (χ2v) is 8.51. The summed E-state index contributed by atoms with van der Waals surface area (Å²) in [5.74, 6) is -0.474. The molecule has 3 aromatic rings. The third-order valence-electron chi connectivity index (χ3n) is 5.84. The van der Waals surface area contributed by atoms with Crippen molar-refractivity contribution >= 4 is 17.4 Å². The van der Waals surface area contributed by atoms with Crippen LogP contribution in [0.4, 0.5) is 5.82 Å². The molecule has 0 radical (unpaired) electrons. The lowest BCUT2D eigenvalue weighted by molar-refractivity contribution is -0.117. The van der Waals surface area contributed by atoms with E-state index in [-0.39, 0.29) is 11.3 Å². The van der Waals surface area contributed by atoms with Gasteiger partial charge in [0.25, 0.3) is 5.91 Å². The molecule has 0 spiro atoms. The minimum Gasteiger partial charge on any atom is -0.503 e. The van der Waals surface area contributed by atoms with Crippen molar-refractivity contribution in [3.8, 4) is 0 Å². The Morgan fingerprint density at radius 3 is 2.18 bits per heavy atom. The monoisotopic (exact) mass is 442 g/mol. The van der Waals surface area contributed by atoms with Crippen LogP contribution in [0.1, 0.15) is 53.8 Å². The molecule has 1 atom stereocenters. The molecule has 7 heteroatoms. The third kappa shape index (κ3) is 4.09. The summed E-state index contributed by atoms with van der Waals surface area (Å²) in [5.41, 5.74) is 4.56. The first-order chi connectivity index (χ1) is 15.8. The van der Waals surface area contributed by atoms with E-state index in [1.807, 2.05) is 43.3 Å². The molecule has 1 amide bonds. The molecule has 4 rings (SSSR count). The number of nitrogens with zero attached hydrogens (tertiary/aromatic N) is 4. The van der Waals surface area contributed by atoms with E-state index in [0.717, 1.165) is 16.7 Å². The van der Waals surface area contributed by atoms with E-state index >= 15 is 0 Å². The molecule has 1 aliphatic heterocycles. The highest BCUT2D eigenvalue weighted by Gasteiger charge is 2.44. The number of aromatic nitrogens is 2. The van der Waals surface area contributed by atoms with Crippen molar-refractivity contribution in [1.29, 1.82) is 0 Å². The lowest BCUT2D eigenvalue weighted by Gasteiger charge is -2.26. The quantitative estimate of drug-likeness (QED) is 0.329. The first kappa shape index (κ1) is 22.2.